The number of anilines is 1. The van der Waals surface area contributed by atoms with Crippen molar-refractivity contribution >= 4 is 11.9 Å². The van der Waals surface area contributed by atoms with Gasteiger partial charge >= 0.3 is 0 Å². The predicted molar refractivity (Wildman–Crippen MR) is 143 cm³/mol. The highest BCUT2D eigenvalue weighted by molar-refractivity contribution is 5.93. The molecule has 2 unspecified atom stereocenters. The molecule has 1 aromatic heterocycles. The molecule has 0 saturated heterocycles. The molecule has 0 aliphatic carbocycles. The lowest BCUT2D eigenvalue weighted by Gasteiger charge is -2.25. The van der Waals surface area contributed by atoms with Crippen LogP contribution < -0.4 is 21.1 Å². The topological polar surface area (TPSA) is 110 Å². The van der Waals surface area contributed by atoms with E-state index in [0.29, 0.717) is 25.6 Å². The number of hydrogen-bond donors (Lipinski definition) is 4. The number of aliphatic hydroxyl groups is 1. The molecule has 0 spiro atoms. The SMILES string of the molecule is CCc1cccc(CNCC(O)C(Cc2cc(F)cc(F)c2)NC(=O)c2cnc(N(CC)CC)[nH]c2=O)c1. The molecule has 0 radical (unpaired) electrons. The van der Waals surface area contributed by atoms with Crippen LogP contribution in [-0.4, -0.2) is 52.8 Å². The molecule has 38 heavy (non-hydrogen) atoms. The van der Waals surface area contributed by atoms with Crippen LogP contribution in [0.3, 0.4) is 0 Å². The molecule has 2 atom stereocenters. The summed E-state index contributed by atoms with van der Waals surface area (Å²) < 4.78 is 27.6. The van der Waals surface area contributed by atoms with Gasteiger partial charge in [0.05, 0.1) is 12.1 Å². The first-order valence-electron chi connectivity index (χ1n) is 12.8. The molecule has 204 valence electrons. The summed E-state index contributed by atoms with van der Waals surface area (Å²) in [6, 6.07) is 10.1. The zero-order valence-corrected chi connectivity index (χ0v) is 21.9. The monoisotopic (exact) mass is 527 g/mol. The van der Waals surface area contributed by atoms with Crippen molar-refractivity contribution in [2.24, 2.45) is 0 Å². The van der Waals surface area contributed by atoms with Crippen molar-refractivity contribution in [3.8, 4) is 0 Å². The molecular weight excluding hydrogens is 492 g/mol. The average molecular weight is 528 g/mol. The van der Waals surface area contributed by atoms with Gasteiger partial charge in [-0.2, -0.15) is 0 Å². The Morgan fingerprint density at radius 3 is 2.37 bits per heavy atom. The fraction of sp³-hybridized carbons (Fsp3) is 0.393. The van der Waals surface area contributed by atoms with Gasteiger partial charge in [-0.05, 0) is 55.5 Å². The molecular formula is C28H35F2N5O3. The van der Waals surface area contributed by atoms with E-state index in [9.17, 15) is 23.5 Å². The molecule has 10 heteroatoms. The number of carbonyl (C=O) groups excluding carboxylic acids is 1. The van der Waals surface area contributed by atoms with Gasteiger partial charge in [0.25, 0.3) is 11.5 Å². The summed E-state index contributed by atoms with van der Waals surface area (Å²) in [6.07, 6.45) is 0.906. The number of nitrogens with zero attached hydrogens (tertiary/aromatic N) is 2. The van der Waals surface area contributed by atoms with Gasteiger partial charge in [-0.1, -0.05) is 31.2 Å². The molecule has 4 N–H and O–H groups in total. The number of H-pyrrole nitrogens is 1. The van der Waals surface area contributed by atoms with Crippen molar-refractivity contribution in [3.05, 3.63) is 92.9 Å². The molecule has 8 nitrogen and oxygen atoms in total. The van der Waals surface area contributed by atoms with Crippen molar-refractivity contribution < 1.29 is 18.7 Å². The summed E-state index contributed by atoms with van der Waals surface area (Å²) >= 11 is 0. The molecule has 0 bridgehead atoms. The zero-order chi connectivity index (χ0) is 27.7. The minimum absolute atomic E-state index is 0.0581. The van der Waals surface area contributed by atoms with Crippen LogP contribution in [0.1, 0.15) is 47.8 Å². The Bertz CT molecular complexity index is 1260. The quantitative estimate of drug-likeness (QED) is 0.272. The van der Waals surface area contributed by atoms with Gasteiger partial charge < -0.3 is 20.6 Å². The van der Waals surface area contributed by atoms with Gasteiger partial charge in [0.15, 0.2) is 0 Å². The minimum Gasteiger partial charge on any atom is -0.390 e. The summed E-state index contributed by atoms with van der Waals surface area (Å²) in [6.45, 7) is 7.72. The third-order valence-electron chi connectivity index (χ3n) is 6.33. The van der Waals surface area contributed by atoms with E-state index in [1.54, 1.807) is 0 Å². The number of aryl methyl sites for hydroxylation is 1. The second-order valence-corrected chi connectivity index (χ2v) is 9.06. The fourth-order valence-electron chi connectivity index (χ4n) is 4.21. The van der Waals surface area contributed by atoms with E-state index in [1.165, 1.54) is 11.8 Å². The number of amides is 1. The van der Waals surface area contributed by atoms with E-state index in [0.717, 1.165) is 30.2 Å². The third-order valence-corrected chi connectivity index (χ3v) is 6.33. The minimum atomic E-state index is -1.12. The Morgan fingerprint density at radius 2 is 1.74 bits per heavy atom. The highest BCUT2D eigenvalue weighted by Gasteiger charge is 2.24. The molecule has 1 amide bonds. The van der Waals surface area contributed by atoms with Gasteiger partial charge in [0, 0.05) is 38.4 Å². The normalized spacial score (nSPS) is 12.7. The number of nitrogens with one attached hydrogen (secondary N) is 3. The lowest BCUT2D eigenvalue weighted by atomic mass is 10.00. The van der Waals surface area contributed by atoms with Gasteiger partial charge in [-0.15, -0.1) is 0 Å². The third kappa shape index (κ3) is 7.93. The average Bonchev–Trinajstić information content (AvgIpc) is 2.88. The Morgan fingerprint density at radius 1 is 1.05 bits per heavy atom. The van der Waals surface area contributed by atoms with Crippen LogP contribution >= 0.6 is 0 Å². The summed E-state index contributed by atoms with van der Waals surface area (Å²) in [7, 11) is 0. The lowest BCUT2D eigenvalue weighted by Crippen LogP contribution is -2.49. The molecule has 3 rings (SSSR count). The Labute approximate surface area is 221 Å². The maximum absolute atomic E-state index is 13.8. The first kappa shape index (κ1) is 28.9. The van der Waals surface area contributed by atoms with Gasteiger partial charge in [0.2, 0.25) is 5.95 Å². The Balaban J connectivity index is 1.76. The summed E-state index contributed by atoms with van der Waals surface area (Å²) in [5.74, 6) is -1.93. The number of hydrogen-bond acceptors (Lipinski definition) is 6. The van der Waals surface area contributed by atoms with Gasteiger partial charge in [-0.25, -0.2) is 13.8 Å². The van der Waals surface area contributed by atoms with Crippen LogP contribution in [0.15, 0.2) is 53.5 Å². The van der Waals surface area contributed by atoms with E-state index in [-0.39, 0.29) is 24.1 Å². The highest BCUT2D eigenvalue weighted by atomic mass is 19.1. The number of benzene rings is 2. The number of halogens is 2. The maximum atomic E-state index is 13.8. The molecule has 0 aliphatic heterocycles. The maximum Gasteiger partial charge on any atom is 0.265 e. The summed E-state index contributed by atoms with van der Waals surface area (Å²) in [5, 5.41) is 16.8. The van der Waals surface area contributed by atoms with Crippen LogP contribution in [0.4, 0.5) is 14.7 Å². The number of aromatic amines is 1. The summed E-state index contributed by atoms with van der Waals surface area (Å²) in [5.41, 5.74) is 1.63. The van der Waals surface area contributed by atoms with Crippen molar-refractivity contribution in [2.45, 2.75) is 52.3 Å². The van der Waals surface area contributed by atoms with Gasteiger partial charge in [-0.3, -0.25) is 14.6 Å². The fourth-order valence-corrected chi connectivity index (χ4v) is 4.21. The van der Waals surface area contributed by atoms with E-state index >= 15 is 0 Å². The van der Waals surface area contributed by atoms with Gasteiger partial charge in [0.1, 0.15) is 17.2 Å². The standard InChI is InChI=1S/C28H35F2N5O3/c1-4-18-8-7-9-19(10-18)15-31-17-25(36)24(13-20-11-21(29)14-22(30)12-20)33-26(37)23-16-32-28(34-27(23)38)35(5-2)6-3/h7-12,14,16,24-25,31,36H,4-6,13,15,17H2,1-3H3,(H,33,37)(H,32,34,38). The molecule has 0 aliphatic rings. The van der Waals surface area contributed by atoms with E-state index < -0.39 is 35.2 Å². The second kappa shape index (κ2) is 13.8. The number of carbonyl (C=O) groups is 1. The zero-order valence-electron chi connectivity index (χ0n) is 21.9. The lowest BCUT2D eigenvalue weighted by molar-refractivity contribution is 0.0828. The Kier molecular flexibility index (Phi) is 10.5. The van der Waals surface area contributed by atoms with E-state index in [1.807, 2.05) is 36.9 Å². The van der Waals surface area contributed by atoms with Crippen molar-refractivity contribution in [1.82, 2.24) is 20.6 Å². The second-order valence-electron chi connectivity index (χ2n) is 9.06. The molecule has 0 saturated carbocycles. The summed E-state index contributed by atoms with van der Waals surface area (Å²) in [4.78, 5) is 34.3. The number of rotatable bonds is 13. The van der Waals surface area contributed by atoms with Crippen LogP contribution in [0.25, 0.3) is 0 Å². The largest absolute Gasteiger partial charge is 0.390 e. The number of aliphatic hydroxyl groups excluding tert-OH is 1. The molecule has 0 fully saturated rings. The van der Waals surface area contributed by atoms with Crippen molar-refractivity contribution in [3.63, 3.8) is 0 Å². The first-order valence-corrected chi connectivity index (χ1v) is 12.8. The molecule has 2 aromatic carbocycles. The molecule has 3 aromatic rings. The van der Waals surface area contributed by atoms with E-state index in [2.05, 4.69) is 33.6 Å². The van der Waals surface area contributed by atoms with Crippen molar-refractivity contribution in [2.75, 3.05) is 24.5 Å². The smallest absolute Gasteiger partial charge is 0.265 e. The van der Waals surface area contributed by atoms with Crippen LogP contribution in [0.2, 0.25) is 0 Å². The van der Waals surface area contributed by atoms with E-state index in [4.69, 9.17) is 0 Å². The predicted octanol–water partition coefficient (Wildman–Crippen LogP) is 2.95. The number of aromatic nitrogens is 2. The van der Waals surface area contributed by atoms with Crippen LogP contribution in [-0.2, 0) is 19.4 Å². The Hall–Kier alpha value is -3.63. The van der Waals surface area contributed by atoms with Crippen LogP contribution in [0, 0.1) is 11.6 Å². The van der Waals surface area contributed by atoms with Crippen molar-refractivity contribution in [1.29, 1.82) is 0 Å². The van der Waals surface area contributed by atoms with Crippen LogP contribution in [0.5, 0.6) is 0 Å². The molecule has 1 heterocycles. The highest BCUT2D eigenvalue weighted by Crippen LogP contribution is 2.13. The first-order chi connectivity index (χ1) is 18.2.